The Morgan fingerprint density at radius 1 is 0.923 bits per heavy atom. The van der Waals surface area contributed by atoms with Gasteiger partial charge in [-0.1, -0.05) is 93.0 Å². The molecule has 1 unspecified atom stereocenters. The highest BCUT2D eigenvalue weighted by Gasteiger charge is 2.15. The summed E-state index contributed by atoms with van der Waals surface area (Å²) in [7, 11) is 0.647. The van der Waals surface area contributed by atoms with Gasteiger partial charge in [0.15, 0.2) is 0 Å². The summed E-state index contributed by atoms with van der Waals surface area (Å²) >= 11 is 0. The molecule has 3 rings (SSSR count). The van der Waals surface area contributed by atoms with Crippen LogP contribution >= 0.6 is 8.58 Å². The zero-order chi connectivity index (χ0) is 18.4. The van der Waals surface area contributed by atoms with Gasteiger partial charge in [0, 0.05) is 12.3 Å². The van der Waals surface area contributed by atoms with Crippen LogP contribution in [0, 0.1) is 6.92 Å². The van der Waals surface area contributed by atoms with Crippen molar-refractivity contribution in [1.82, 2.24) is 5.32 Å². The van der Waals surface area contributed by atoms with Gasteiger partial charge >= 0.3 is 0 Å². The number of hydrogen-bond donors (Lipinski definition) is 2. The lowest BCUT2D eigenvalue weighted by Gasteiger charge is -2.21. The number of benzene rings is 3. The summed E-state index contributed by atoms with van der Waals surface area (Å²) in [5.41, 5.74) is 4.80. The maximum atomic E-state index is 10.5. The van der Waals surface area contributed by atoms with E-state index in [1.54, 1.807) is 0 Å². The molecule has 3 aromatic rings. The van der Waals surface area contributed by atoms with Gasteiger partial charge in [0.2, 0.25) is 0 Å². The average molecular weight is 363 g/mol. The molecule has 0 spiro atoms. The van der Waals surface area contributed by atoms with Crippen molar-refractivity contribution in [3.8, 4) is 11.1 Å². The van der Waals surface area contributed by atoms with Crippen molar-refractivity contribution in [2.75, 3.05) is 6.29 Å². The molecule has 0 aliphatic carbocycles. The zero-order valence-corrected chi connectivity index (χ0v) is 16.3. The Labute approximate surface area is 158 Å². The third-order valence-corrected chi connectivity index (χ3v) is 5.77. The fourth-order valence-electron chi connectivity index (χ4n) is 3.06. The molecule has 26 heavy (non-hydrogen) atoms. The van der Waals surface area contributed by atoms with Gasteiger partial charge in [0.1, 0.15) is 0 Å². The predicted octanol–water partition coefficient (Wildman–Crippen LogP) is 4.64. The summed E-state index contributed by atoms with van der Waals surface area (Å²) < 4.78 is 0. The van der Waals surface area contributed by atoms with E-state index in [9.17, 15) is 5.11 Å². The quantitative estimate of drug-likeness (QED) is 0.600. The number of rotatable bonds is 7. The molecule has 0 saturated heterocycles. The fraction of sp³-hybridized carbons (Fsp3) is 0.217. The first kappa shape index (κ1) is 18.8. The van der Waals surface area contributed by atoms with Crippen LogP contribution in [0.4, 0.5) is 0 Å². The highest BCUT2D eigenvalue weighted by molar-refractivity contribution is 7.47. The minimum absolute atomic E-state index is 0.0102. The van der Waals surface area contributed by atoms with E-state index in [1.165, 1.54) is 22.0 Å². The molecule has 0 amide bonds. The van der Waals surface area contributed by atoms with Crippen molar-refractivity contribution in [3.05, 3.63) is 90.0 Å². The van der Waals surface area contributed by atoms with Crippen molar-refractivity contribution >= 4 is 13.9 Å². The van der Waals surface area contributed by atoms with E-state index in [0.29, 0.717) is 8.58 Å². The Morgan fingerprint density at radius 2 is 1.65 bits per heavy atom. The number of aliphatic hydroxyl groups excluding tert-OH is 1. The van der Waals surface area contributed by atoms with Crippen LogP contribution in [0.25, 0.3) is 11.1 Å². The fourth-order valence-corrected chi connectivity index (χ4v) is 4.31. The van der Waals surface area contributed by atoms with E-state index in [-0.39, 0.29) is 6.04 Å². The van der Waals surface area contributed by atoms with Crippen molar-refractivity contribution in [2.45, 2.75) is 26.0 Å². The van der Waals surface area contributed by atoms with Crippen molar-refractivity contribution in [1.29, 1.82) is 0 Å². The second-order valence-corrected chi connectivity index (χ2v) is 7.86. The van der Waals surface area contributed by atoms with Gasteiger partial charge in [-0.05, 0) is 35.8 Å². The number of aliphatic hydroxyl groups is 1. The van der Waals surface area contributed by atoms with E-state index >= 15 is 0 Å². The van der Waals surface area contributed by atoms with Crippen LogP contribution in [0.1, 0.15) is 24.2 Å². The van der Waals surface area contributed by atoms with E-state index in [0.717, 1.165) is 11.8 Å². The third-order valence-electron chi connectivity index (χ3n) is 4.57. The highest BCUT2D eigenvalue weighted by Crippen LogP contribution is 2.24. The monoisotopic (exact) mass is 363 g/mol. The van der Waals surface area contributed by atoms with Gasteiger partial charge in [-0.3, -0.25) is 0 Å². The first-order valence-corrected chi connectivity index (χ1v) is 10.2. The molecular formula is C23H26NOP. The molecule has 2 N–H and O–H groups in total. The molecule has 3 heteroatoms. The first-order valence-electron chi connectivity index (χ1n) is 9.01. The van der Waals surface area contributed by atoms with Gasteiger partial charge < -0.3 is 10.4 Å². The maximum absolute atomic E-state index is 10.5. The molecule has 0 radical (unpaired) electrons. The van der Waals surface area contributed by atoms with Gasteiger partial charge in [-0.2, -0.15) is 0 Å². The Kier molecular flexibility index (Phi) is 6.57. The maximum Gasteiger partial charge on any atom is 0.0940 e. The van der Waals surface area contributed by atoms with E-state index in [1.807, 2.05) is 37.3 Å². The second-order valence-electron chi connectivity index (χ2n) is 6.62. The van der Waals surface area contributed by atoms with E-state index < -0.39 is 6.10 Å². The molecular weight excluding hydrogens is 337 g/mol. The smallest absolute Gasteiger partial charge is 0.0940 e. The second kappa shape index (κ2) is 9.09. The van der Waals surface area contributed by atoms with E-state index in [4.69, 9.17) is 0 Å². The predicted molar refractivity (Wildman–Crippen MR) is 113 cm³/mol. The summed E-state index contributed by atoms with van der Waals surface area (Å²) in [6, 6.07) is 27.1. The number of hydrogen-bond acceptors (Lipinski definition) is 2. The van der Waals surface area contributed by atoms with Crippen LogP contribution in [0.2, 0.25) is 0 Å². The van der Waals surface area contributed by atoms with Gasteiger partial charge in [0.25, 0.3) is 0 Å². The lowest BCUT2D eigenvalue weighted by atomic mass is 10.0. The minimum atomic E-state index is -0.493. The lowest BCUT2D eigenvalue weighted by molar-refractivity contribution is 0.139. The Hall–Kier alpha value is -1.99. The molecule has 0 aliphatic rings. The summed E-state index contributed by atoms with van der Waals surface area (Å²) in [5.74, 6) is 0. The molecule has 0 fully saturated rings. The van der Waals surface area contributed by atoms with Crippen molar-refractivity contribution in [3.63, 3.8) is 0 Å². The van der Waals surface area contributed by atoms with Crippen LogP contribution in [0.5, 0.6) is 0 Å². The lowest BCUT2D eigenvalue weighted by Crippen LogP contribution is -2.32. The molecule has 0 aromatic heterocycles. The largest absolute Gasteiger partial charge is 0.387 e. The Bertz CT molecular complexity index is 834. The third kappa shape index (κ3) is 4.80. The Morgan fingerprint density at radius 3 is 2.42 bits per heavy atom. The molecule has 3 atom stereocenters. The standard InChI is InChI=1S/C23H26NOP/c1-17-9-8-12-20(15-17)21-13-6-7-14-22(21)26-16-24-18(2)23(25)19-10-4-3-5-11-19/h3-15,18,23-26H,16H2,1-2H3/t18-,23-/m0/s1. The topological polar surface area (TPSA) is 32.3 Å². The van der Waals surface area contributed by atoms with E-state index in [2.05, 4.69) is 60.8 Å². The summed E-state index contributed by atoms with van der Waals surface area (Å²) in [5, 5.41) is 15.3. The van der Waals surface area contributed by atoms with Crippen LogP contribution in [-0.4, -0.2) is 17.4 Å². The number of nitrogens with one attached hydrogen (secondary N) is 1. The molecule has 134 valence electrons. The molecule has 3 aromatic carbocycles. The Balaban J connectivity index is 1.64. The van der Waals surface area contributed by atoms with Crippen LogP contribution in [0.3, 0.4) is 0 Å². The first-order chi connectivity index (χ1) is 12.6. The molecule has 0 aliphatic heterocycles. The van der Waals surface area contributed by atoms with Gasteiger partial charge in [0.05, 0.1) is 6.10 Å². The SMILES string of the molecule is Cc1cccc(-c2ccccc2PCN[C@@H](C)[C@H](O)c2ccccc2)c1. The molecule has 0 saturated carbocycles. The van der Waals surface area contributed by atoms with Crippen LogP contribution in [0.15, 0.2) is 78.9 Å². The summed E-state index contributed by atoms with van der Waals surface area (Å²) in [6.07, 6.45) is 0.362. The van der Waals surface area contributed by atoms with Crippen molar-refractivity contribution in [2.24, 2.45) is 0 Å². The molecule has 0 bridgehead atoms. The number of aryl methyl sites for hydroxylation is 1. The van der Waals surface area contributed by atoms with Gasteiger partial charge in [-0.15, -0.1) is 0 Å². The van der Waals surface area contributed by atoms with Crippen LogP contribution < -0.4 is 10.6 Å². The van der Waals surface area contributed by atoms with Crippen LogP contribution in [-0.2, 0) is 0 Å². The average Bonchev–Trinajstić information content (AvgIpc) is 2.68. The zero-order valence-electron chi connectivity index (χ0n) is 15.3. The normalized spacial score (nSPS) is 13.8. The summed E-state index contributed by atoms with van der Waals surface area (Å²) in [6.45, 7) is 4.16. The van der Waals surface area contributed by atoms with Gasteiger partial charge in [-0.25, -0.2) is 0 Å². The molecule has 2 nitrogen and oxygen atoms in total. The molecule has 0 heterocycles. The van der Waals surface area contributed by atoms with Crippen molar-refractivity contribution < 1.29 is 5.11 Å². The minimum Gasteiger partial charge on any atom is -0.387 e. The summed E-state index contributed by atoms with van der Waals surface area (Å²) in [4.78, 5) is 0. The highest BCUT2D eigenvalue weighted by atomic mass is 31.1.